The highest BCUT2D eigenvalue weighted by Crippen LogP contribution is 2.30. The lowest BCUT2D eigenvalue weighted by Crippen LogP contribution is -2.32. The minimum Gasteiger partial charge on any atom is -0.497 e. The molecular weight excluding hydrogens is 530 g/mol. The first-order valence-electron chi connectivity index (χ1n) is 12.3. The molecule has 0 saturated carbocycles. The molecule has 0 aliphatic carbocycles. The highest BCUT2D eigenvalue weighted by molar-refractivity contribution is 8.15. The Bertz CT molecular complexity index is 1520. The second-order valence-electron chi connectivity index (χ2n) is 8.74. The molecule has 7 nitrogen and oxygen atoms in total. The van der Waals surface area contributed by atoms with Gasteiger partial charge in [-0.15, -0.1) is 11.7 Å². The maximum absolute atomic E-state index is 13.1. The minimum absolute atomic E-state index is 0.0142. The molecule has 1 aliphatic rings. The average molecular weight is 556 g/mol. The Balaban J connectivity index is 1.43. The number of hydrogen-bond acceptors (Lipinski definition) is 6. The second kappa shape index (κ2) is 12.1. The minimum atomic E-state index is -0.296. The van der Waals surface area contributed by atoms with Gasteiger partial charge in [0, 0.05) is 28.9 Å². The topological polar surface area (TPSA) is 72.1 Å². The standard InChI is InChI=1S/C30H26ClN5O2S/c1-3-17-35-29(37)27(18-21-9-13-24(31)14-10-21)39-30(35)33-32-19-23-20-36(25-7-5-4-6-8-25)34-28(23)22-11-15-26(38-2)16-12-22/h3-16,19-20,27H,1,17-18H2,2H3. The number of amidine groups is 1. The lowest BCUT2D eigenvalue weighted by atomic mass is 10.1. The summed E-state index contributed by atoms with van der Waals surface area (Å²) in [5, 5.41) is 14.6. The fourth-order valence-electron chi connectivity index (χ4n) is 4.16. The number of hydrogen-bond donors (Lipinski definition) is 0. The van der Waals surface area contributed by atoms with Crippen LogP contribution in [0, 0.1) is 0 Å². The summed E-state index contributed by atoms with van der Waals surface area (Å²) in [7, 11) is 1.64. The first-order valence-corrected chi connectivity index (χ1v) is 13.6. The molecule has 1 atom stereocenters. The molecule has 2 heterocycles. The monoisotopic (exact) mass is 555 g/mol. The van der Waals surface area contributed by atoms with Crippen LogP contribution in [0.5, 0.6) is 5.75 Å². The van der Waals surface area contributed by atoms with Crippen molar-refractivity contribution >= 4 is 40.7 Å². The van der Waals surface area contributed by atoms with Crippen molar-refractivity contribution < 1.29 is 9.53 Å². The van der Waals surface area contributed by atoms with Crippen LogP contribution < -0.4 is 4.74 Å². The van der Waals surface area contributed by atoms with Crippen LogP contribution in [0.3, 0.4) is 0 Å². The summed E-state index contributed by atoms with van der Waals surface area (Å²) in [6, 6.07) is 25.1. The Kier molecular flexibility index (Phi) is 8.24. The van der Waals surface area contributed by atoms with Crippen molar-refractivity contribution in [1.82, 2.24) is 14.7 Å². The SMILES string of the molecule is C=CCN1C(=O)C(Cc2ccc(Cl)cc2)SC1=NN=Cc1cn(-c2ccccc2)nc1-c1ccc(OC)cc1. The summed E-state index contributed by atoms with van der Waals surface area (Å²) in [6.07, 6.45) is 5.84. The van der Waals surface area contributed by atoms with Gasteiger partial charge in [0.1, 0.15) is 11.4 Å². The number of aromatic nitrogens is 2. The zero-order chi connectivity index (χ0) is 27.2. The summed E-state index contributed by atoms with van der Waals surface area (Å²) in [5.41, 5.74) is 4.42. The molecule has 0 N–H and O–H groups in total. The van der Waals surface area contributed by atoms with E-state index in [1.165, 1.54) is 11.8 Å². The van der Waals surface area contributed by atoms with Crippen molar-refractivity contribution in [3.8, 4) is 22.7 Å². The Morgan fingerprint density at radius 1 is 1.08 bits per heavy atom. The molecule has 1 unspecified atom stereocenters. The van der Waals surface area contributed by atoms with Crippen LogP contribution in [0.2, 0.25) is 5.02 Å². The molecule has 4 aromatic rings. The zero-order valence-corrected chi connectivity index (χ0v) is 22.8. The highest BCUT2D eigenvalue weighted by Gasteiger charge is 2.37. The molecule has 39 heavy (non-hydrogen) atoms. The van der Waals surface area contributed by atoms with Crippen molar-refractivity contribution in [3.63, 3.8) is 0 Å². The van der Waals surface area contributed by atoms with E-state index in [-0.39, 0.29) is 11.2 Å². The third kappa shape index (κ3) is 6.13. The third-order valence-corrected chi connectivity index (χ3v) is 7.55. The Labute approximate surface area is 236 Å². The number of rotatable bonds is 9. The normalized spacial score (nSPS) is 16.4. The quantitative estimate of drug-likeness (QED) is 0.139. The number of carbonyl (C=O) groups is 1. The van der Waals surface area contributed by atoms with Gasteiger partial charge in [-0.2, -0.15) is 10.2 Å². The van der Waals surface area contributed by atoms with Gasteiger partial charge in [0.2, 0.25) is 5.91 Å². The van der Waals surface area contributed by atoms with Crippen LogP contribution in [-0.4, -0.2) is 50.9 Å². The van der Waals surface area contributed by atoms with Gasteiger partial charge in [0.15, 0.2) is 5.17 Å². The number of carbonyl (C=O) groups excluding carboxylic acids is 1. The van der Waals surface area contributed by atoms with E-state index in [0.717, 1.165) is 33.8 Å². The fraction of sp³-hybridized carbons (Fsp3) is 0.133. The van der Waals surface area contributed by atoms with Crippen LogP contribution >= 0.6 is 23.4 Å². The van der Waals surface area contributed by atoms with E-state index in [4.69, 9.17) is 21.4 Å². The van der Waals surface area contributed by atoms with E-state index in [9.17, 15) is 4.79 Å². The van der Waals surface area contributed by atoms with E-state index < -0.39 is 0 Å². The molecule has 1 saturated heterocycles. The van der Waals surface area contributed by atoms with E-state index in [1.54, 1.807) is 24.3 Å². The molecule has 1 aliphatic heterocycles. The number of benzene rings is 3. The first kappa shape index (κ1) is 26.5. The van der Waals surface area contributed by atoms with Crippen molar-refractivity contribution in [1.29, 1.82) is 0 Å². The van der Waals surface area contributed by atoms with Crippen LogP contribution in [0.25, 0.3) is 16.9 Å². The molecule has 9 heteroatoms. The average Bonchev–Trinajstić information content (AvgIpc) is 3.52. The second-order valence-corrected chi connectivity index (χ2v) is 10.3. The highest BCUT2D eigenvalue weighted by atomic mass is 35.5. The summed E-state index contributed by atoms with van der Waals surface area (Å²) < 4.78 is 7.12. The third-order valence-electron chi connectivity index (χ3n) is 6.13. The van der Waals surface area contributed by atoms with E-state index >= 15 is 0 Å². The van der Waals surface area contributed by atoms with Gasteiger partial charge < -0.3 is 4.74 Å². The number of para-hydroxylation sites is 1. The predicted octanol–water partition coefficient (Wildman–Crippen LogP) is 6.26. The van der Waals surface area contributed by atoms with Gasteiger partial charge in [0.25, 0.3) is 0 Å². The van der Waals surface area contributed by atoms with Gasteiger partial charge >= 0.3 is 0 Å². The van der Waals surface area contributed by atoms with Crippen LogP contribution in [-0.2, 0) is 11.2 Å². The van der Waals surface area contributed by atoms with Crippen molar-refractivity contribution in [2.24, 2.45) is 10.2 Å². The molecule has 0 spiro atoms. The Morgan fingerprint density at radius 2 is 1.82 bits per heavy atom. The molecule has 196 valence electrons. The van der Waals surface area contributed by atoms with Crippen molar-refractivity contribution in [2.45, 2.75) is 11.7 Å². The van der Waals surface area contributed by atoms with Crippen LogP contribution in [0.1, 0.15) is 11.1 Å². The van der Waals surface area contributed by atoms with Gasteiger partial charge in [-0.1, -0.05) is 59.8 Å². The predicted molar refractivity (Wildman–Crippen MR) is 159 cm³/mol. The summed E-state index contributed by atoms with van der Waals surface area (Å²) in [5.74, 6) is 0.751. The van der Waals surface area contributed by atoms with Crippen LogP contribution in [0.4, 0.5) is 0 Å². The number of ether oxygens (including phenoxy) is 1. The fourth-order valence-corrected chi connectivity index (χ4v) is 5.43. The van der Waals surface area contributed by atoms with Gasteiger partial charge in [-0.05, 0) is 60.5 Å². The van der Waals surface area contributed by atoms with Gasteiger partial charge in [-0.3, -0.25) is 9.69 Å². The van der Waals surface area contributed by atoms with Crippen molar-refractivity contribution in [3.05, 3.63) is 114 Å². The molecule has 0 radical (unpaired) electrons. The molecule has 3 aromatic carbocycles. The van der Waals surface area contributed by atoms with E-state index in [0.29, 0.717) is 23.2 Å². The van der Waals surface area contributed by atoms with Gasteiger partial charge in [-0.25, -0.2) is 4.68 Å². The number of nitrogens with zero attached hydrogens (tertiary/aromatic N) is 5. The molecule has 5 rings (SSSR count). The maximum atomic E-state index is 13.1. The largest absolute Gasteiger partial charge is 0.497 e. The van der Waals surface area contributed by atoms with Crippen LogP contribution in [0.15, 0.2) is 108 Å². The lowest BCUT2D eigenvalue weighted by molar-refractivity contribution is -0.125. The maximum Gasteiger partial charge on any atom is 0.242 e. The summed E-state index contributed by atoms with van der Waals surface area (Å²) in [6.45, 7) is 4.16. The molecule has 1 aromatic heterocycles. The Morgan fingerprint density at radius 3 is 2.51 bits per heavy atom. The smallest absolute Gasteiger partial charge is 0.242 e. The lowest BCUT2D eigenvalue weighted by Gasteiger charge is -2.12. The molecule has 1 amide bonds. The van der Waals surface area contributed by atoms with E-state index in [2.05, 4.69) is 16.8 Å². The first-order chi connectivity index (χ1) is 19.1. The number of thioether (sulfide) groups is 1. The number of amides is 1. The zero-order valence-electron chi connectivity index (χ0n) is 21.3. The number of halogens is 1. The number of methoxy groups -OCH3 is 1. The van der Waals surface area contributed by atoms with Crippen molar-refractivity contribution in [2.75, 3.05) is 13.7 Å². The molecular formula is C30H26ClN5O2S. The summed E-state index contributed by atoms with van der Waals surface area (Å²) in [4.78, 5) is 14.8. The van der Waals surface area contributed by atoms with Gasteiger partial charge in [0.05, 0.1) is 24.3 Å². The summed E-state index contributed by atoms with van der Waals surface area (Å²) >= 11 is 7.42. The molecule has 1 fully saturated rings. The van der Waals surface area contributed by atoms with E-state index in [1.807, 2.05) is 89.7 Å². The Hall–Kier alpha value is -4.14. The molecule has 0 bridgehead atoms.